The third-order valence-electron chi connectivity index (χ3n) is 2.30. The summed E-state index contributed by atoms with van der Waals surface area (Å²) in [7, 11) is 0. The van der Waals surface area contributed by atoms with Crippen molar-refractivity contribution in [2.75, 3.05) is 0 Å². The zero-order chi connectivity index (χ0) is 13.3. The van der Waals surface area contributed by atoms with Crippen LogP contribution in [0.3, 0.4) is 0 Å². The Morgan fingerprint density at radius 3 is 2.67 bits per heavy atom. The lowest BCUT2D eigenvalue weighted by molar-refractivity contribution is 0.563. The summed E-state index contributed by atoms with van der Waals surface area (Å²) in [6, 6.07) is 3.10. The second kappa shape index (κ2) is 5.04. The van der Waals surface area contributed by atoms with E-state index in [1.165, 1.54) is 6.07 Å². The fourth-order valence-electron chi connectivity index (χ4n) is 1.39. The van der Waals surface area contributed by atoms with E-state index < -0.39 is 17.2 Å². The first-order valence-corrected chi connectivity index (χ1v) is 5.59. The van der Waals surface area contributed by atoms with Gasteiger partial charge in [0, 0.05) is 11.6 Å². The molecule has 0 aliphatic carbocycles. The van der Waals surface area contributed by atoms with Gasteiger partial charge in [0.25, 0.3) is 5.56 Å². The Kier molecular flexibility index (Phi) is 3.63. The van der Waals surface area contributed by atoms with Crippen molar-refractivity contribution in [3.8, 4) is 0 Å². The highest BCUT2D eigenvalue weighted by Crippen LogP contribution is 2.14. The molecule has 0 atom stereocenters. The third-order valence-corrected chi connectivity index (χ3v) is 3.02. The number of aromatic nitrogens is 2. The Bertz CT molecular complexity index is 658. The summed E-state index contributed by atoms with van der Waals surface area (Å²) < 4.78 is 27.2. The first-order valence-electron chi connectivity index (χ1n) is 4.83. The maximum atomic E-state index is 13.4. The monoisotopic (exact) mass is 290 g/mol. The normalized spacial score (nSPS) is 10.7. The van der Waals surface area contributed by atoms with Crippen LogP contribution in [-0.2, 0) is 6.54 Å². The van der Waals surface area contributed by atoms with E-state index in [9.17, 15) is 13.6 Å². The van der Waals surface area contributed by atoms with Crippen LogP contribution >= 0.6 is 23.2 Å². The van der Waals surface area contributed by atoms with Gasteiger partial charge in [-0.3, -0.25) is 9.36 Å². The predicted octanol–water partition coefficient (Wildman–Crippen LogP) is 2.88. The highest BCUT2D eigenvalue weighted by Gasteiger charge is 2.10. The molecule has 94 valence electrons. The second-order valence-electron chi connectivity index (χ2n) is 3.52. The minimum atomic E-state index is -0.743. The summed E-state index contributed by atoms with van der Waals surface area (Å²) in [4.78, 5) is 15.4. The molecule has 1 aromatic carbocycles. The molecular weight excluding hydrogens is 285 g/mol. The minimum Gasteiger partial charge on any atom is -0.293 e. The largest absolute Gasteiger partial charge is 0.293 e. The lowest BCUT2D eigenvalue weighted by atomic mass is 10.2. The van der Waals surface area contributed by atoms with E-state index in [0.29, 0.717) is 0 Å². The highest BCUT2D eigenvalue weighted by atomic mass is 35.5. The van der Waals surface area contributed by atoms with E-state index in [2.05, 4.69) is 4.98 Å². The van der Waals surface area contributed by atoms with Gasteiger partial charge in [-0.25, -0.2) is 13.8 Å². The van der Waals surface area contributed by atoms with Gasteiger partial charge < -0.3 is 0 Å². The second-order valence-corrected chi connectivity index (χ2v) is 4.25. The van der Waals surface area contributed by atoms with Crippen LogP contribution in [-0.4, -0.2) is 9.55 Å². The van der Waals surface area contributed by atoms with Gasteiger partial charge in [0.2, 0.25) is 0 Å². The van der Waals surface area contributed by atoms with Gasteiger partial charge in [-0.1, -0.05) is 29.3 Å². The van der Waals surface area contributed by atoms with E-state index in [1.54, 1.807) is 0 Å². The van der Waals surface area contributed by atoms with Gasteiger partial charge in [-0.15, -0.1) is 0 Å². The number of halogens is 4. The summed E-state index contributed by atoms with van der Waals surface area (Å²) in [6.07, 6.45) is 1.15. The molecule has 3 nitrogen and oxygen atoms in total. The fraction of sp³-hybridized carbons (Fsp3) is 0.0909. The lowest BCUT2D eigenvalue weighted by Crippen LogP contribution is -2.22. The maximum Gasteiger partial charge on any atom is 0.273 e. The average Bonchev–Trinajstić information content (AvgIpc) is 2.33. The van der Waals surface area contributed by atoms with Gasteiger partial charge in [0.15, 0.2) is 5.15 Å². The number of nitrogens with zero attached hydrogens (tertiary/aromatic N) is 2. The van der Waals surface area contributed by atoms with Crippen LogP contribution in [0.1, 0.15) is 5.56 Å². The van der Waals surface area contributed by atoms with Gasteiger partial charge in [-0.2, -0.15) is 0 Å². The van der Waals surface area contributed by atoms with Crippen LogP contribution in [0.4, 0.5) is 8.78 Å². The Balaban J connectivity index is 2.41. The van der Waals surface area contributed by atoms with Gasteiger partial charge in [-0.05, 0) is 6.07 Å². The topological polar surface area (TPSA) is 34.9 Å². The zero-order valence-corrected chi connectivity index (χ0v) is 10.3. The van der Waals surface area contributed by atoms with E-state index in [4.69, 9.17) is 23.2 Å². The summed E-state index contributed by atoms with van der Waals surface area (Å²) in [5.41, 5.74) is -0.431. The molecule has 2 rings (SSSR count). The van der Waals surface area contributed by atoms with Gasteiger partial charge in [0.1, 0.15) is 16.7 Å². The molecule has 7 heteroatoms. The van der Waals surface area contributed by atoms with Crippen molar-refractivity contribution in [3.05, 3.63) is 62.3 Å². The number of rotatable bonds is 2. The van der Waals surface area contributed by atoms with Crippen LogP contribution in [0.25, 0.3) is 0 Å². The van der Waals surface area contributed by atoms with Crippen LogP contribution < -0.4 is 5.56 Å². The molecule has 2 aromatic rings. The molecule has 0 saturated carbocycles. The van der Waals surface area contributed by atoms with Crippen molar-refractivity contribution in [2.45, 2.75) is 6.54 Å². The van der Waals surface area contributed by atoms with Crippen molar-refractivity contribution >= 4 is 23.2 Å². The van der Waals surface area contributed by atoms with Crippen molar-refractivity contribution in [2.24, 2.45) is 0 Å². The Hall–Kier alpha value is -1.46. The summed E-state index contributed by atoms with van der Waals surface area (Å²) in [6.45, 7) is -0.102. The molecule has 0 bridgehead atoms. The minimum absolute atomic E-state index is 0.102. The molecule has 0 amide bonds. The van der Waals surface area contributed by atoms with Crippen LogP contribution in [0.5, 0.6) is 0 Å². The highest BCUT2D eigenvalue weighted by molar-refractivity contribution is 6.40. The fourth-order valence-corrected chi connectivity index (χ4v) is 1.67. The Labute approximate surface area is 111 Å². The molecule has 0 unspecified atom stereocenters. The first kappa shape index (κ1) is 13.0. The standard InChI is InChI=1S/C11H6Cl2F2N2O/c12-9-10(13)16-5-17(11(9)18)4-6-1-2-7(14)3-8(6)15/h1-3,5H,4H2. The van der Waals surface area contributed by atoms with E-state index in [0.717, 1.165) is 23.0 Å². The molecule has 18 heavy (non-hydrogen) atoms. The van der Waals surface area contributed by atoms with E-state index in [1.807, 2.05) is 0 Å². The number of hydrogen-bond acceptors (Lipinski definition) is 2. The Morgan fingerprint density at radius 2 is 2.00 bits per heavy atom. The molecule has 0 saturated heterocycles. The van der Waals surface area contributed by atoms with Crippen LogP contribution in [0.15, 0.2) is 29.3 Å². The van der Waals surface area contributed by atoms with E-state index >= 15 is 0 Å². The van der Waals surface area contributed by atoms with E-state index in [-0.39, 0.29) is 22.3 Å². The van der Waals surface area contributed by atoms with Crippen molar-refractivity contribution in [3.63, 3.8) is 0 Å². The predicted molar refractivity (Wildman–Crippen MR) is 64.0 cm³/mol. The number of benzene rings is 1. The molecular formula is C11H6Cl2F2N2O. The molecule has 0 spiro atoms. The summed E-state index contributed by atoms with van der Waals surface area (Å²) in [5.74, 6) is -1.43. The Morgan fingerprint density at radius 1 is 1.28 bits per heavy atom. The first-order chi connectivity index (χ1) is 8.49. The molecule has 0 N–H and O–H groups in total. The van der Waals surface area contributed by atoms with Crippen molar-refractivity contribution in [1.82, 2.24) is 9.55 Å². The SMILES string of the molecule is O=c1c(Cl)c(Cl)ncn1Cc1ccc(F)cc1F. The zero-order valence-electron chi connectivity index (χ0n) is 8.83. The van der Waals surface area contributed by atoms with Crippen LogP contribution in [0, 0.1) is 11.6 Å². The molecule has 0 fully saturated rings. The maximum absolute atomic E-state index is 13.4. The summed E-state index contributed by atoms with van der Waals surface area (Å²) in [5, 5.41) is -0.348. The quantitative estimate of drug-likeness (QED) is 0.797. The molecule has 1 aromatic heterocycles. The molecule has 0 radical (unpaired) electrons. The summed E-state index contributed by atoms with van der Waals surface area (Å²) >= 11 is 11.2. The smallest absolute Gasteiger partial charge is 0.273 e. The molecule has 0 aliphatic rings. The van der Waals surface area contributed by atoms with Crippen molar-refractivity contribution < 1.29 is 8.78 Å². The number of hydrogen-bond donors (Lipinski definition) is 0. The molecule has 1 heterocycles. The third kappa shape index (κ3) is 2.52. The lowest BCUT2D eigenvalue weighted by Gasteiger charge is -2.07. The van der Waals surface area contributed by atoms with Gasteiger partial charge >= 0.3 is 0 Å². The van der Waals surface area contributed by atoms with Crippen molar-refractivity contribution in [1.29, 1.82) is 0 Å². The van der Waals surface area contributed by atoms with Gasteiger partial charge in [0.05, 0.1) is 12.9 Å². The molecule has 0 aliphatic heterocycles. The van der Waals surface area contributed by atoms with Crippen LogP contribution in [0.2, 0.25) is 10.2 Å². The average molecular weight is 291 g/mol.